The highest BCUT2D eigenvalue weighted by Gasteiger charge is 2.41. The van der Waals surface area contributed by atoms with Gasteiger partial charge in [-0.25, -0.2) is 4.79 Å². The Balaban J connectivity index is 1.55. The molecule has 2 aromatic rings. The molecular weight excluding hydrogens is 488 g/mol. The van der Waals surface area contributed by atoms with E-state index in [1.807, 2.05) is 30.3 Å². The van der Waals surface area contributed by atoms with Crippen LogP contribution in [0.4, 0.5) is 31.1 Å². The molecule has 2 aliphatic rings. The van der Waals surface area contributed by atoms with E-state index in [1.54, 1.807) is 4.90 Å². The van der Waals surface area contributed by atoms with Crippen molar-refractivity contribution in [2.75, 3.05) is 26.2 Å². The summed E-state index contributed by atoms with van der Waals surface area (Å²) in [5, 5.41) is 6.25. The van der Waals surface area contributed by atoms with Gasteiger partial charge in [-0.05, 0) is 49.1 Å². The number of alkyl halides is 6. The van der Waals surface area contributed by atoms with Crippen LogP contribution in [0.1, 0.15) is 48.1 Å². The molecule has 3 atom stereocenters. The SMILES string of the molecule is CC(OCC1(c2ccccc2)CC[C@H](N2CCNC2=O)CN1)c1cc(C(F)(F)F)cc(C(F)(F)F)c1. The molecular formula is C25H27F6N3O2. The van der Waals surface area contributed by atoms with Gasteiger partial charge in [0.2, 0.25) is 0 Å². The van der Waals surface area contributed by atoms with Crippen molar-refractivity contribution in [2.24, 2.45) is 0 Å². The Hall–Kier alpha value is -2.79. The summed E-state index contributed by atoms with van der Waals surface area (Å²) in [6.45, 7) is 3.12. The van der Waals surface area contributed by atoms with Crippen LogP contribution >= 0.6 is 0 Å². The Morgan fingerprint density at radius 2 is 1.69 bits per heavy atom. The Labute approximate surface area is 204 Å². The van der Waals surface area contributed by atoms with Crippen LogP contribution in [0.3, 0.4) is 0 Å². The highest BCUT2D eigenvalue weighted by molar-refractivity contribution is 5.76. The number of hydrogen-bond donors (Lipinski definition) is 2. The largest absolute Gasteiger partial charge is 0.416 e. The average molecular weight is 515 g/mol. The van der Waals surface area contributed by atoms with E-state index in [0.29, 0.717) is 44.6 Å². The van der Waals surface area contributed by atoms with Crippen LogP contribution in [0, 0.1) is 0 Å². The third-order valence-electron chi connectivity index (χ3n) is 6.90. The van der Waals surface area contributed by atoms with Gasteiger partial charge in [0, 0.05) is 25.7 Å². The van der Waals surface area contributed by atoms with Gasteiger partial charge >= 0.3 is 18.4 Å². The lowest BCUT2D eigenvalue weighted by Gasteiger charge is -2.44. The number of carbonyl (C=O) groups is 1. The van der Waals surface area contributed by atoms with Gasteiger partial charge in [-0.2, -0.15) is 26.3 Å². The molecule has 0 spiro atoms. The first-order chi connectivity index (χ1) is 16.9. The summed E-state index contributed by atoms with van der Waals surface area (Å²) in [4.78, 5) is 13.8. The summed E-state index contributed by atoms with van der Waals surface area (Å²) < 4.78 is 85.8. The number of piperidine rings is 1. The summed E-state index contributed by atoms with van der Waals surface area (Å²) in [6, 6.07) is 10.7. The predicted molar refractivity (Wildman–Crippen MR) is 120 cm³/mol. The van der Waals surface area contributed by atoms with Crippen molar-refractivity contribution in [3.63, 3.8) is 0 Å². The van der Waals surface area contributed by atoms with Gasteiger partial charge in [0.05, 0.1) is 29.4 Å². The first-order valence-electron chi connectivity index (χ1n) is 11.6. The number of nitrogens with one attached hydrogen (secondary N) is 2. The zero-order valence-corrected chi connectivity index (χ0v) is 19.5. The second kappa shape index (κ2) is 9.93. The number of hydrogen-bond acceptors (Lipinski definition) is 3. The van der Waals surface area contributed by atoms with E-state index >= 15 is 0 Å². The Morgan fingerprint density at radius 3 is 2.19 bits per heavy atom. The molecule has 2 unspecified atom stereocenters. The lowest BCUT2D eigenvalue weighted by atomic mass is 9.81. The van der Waals surface area contributed by atoms with E-state index in [2.05, 4.69) is 10.6 Å². The van der Waals surface area contributed by atoms with Gasteiger partial charge in [0.25, 0.3) is 0 Å². The molecule has 2 N–H and O–H groups in total. The molecule has 2 saturated heterocycles. The molecule has 0 saturated carbocycles. The minimum absolute atomic E-state index is 0.0225. The van der Waals surface area contributed by atoms with Crippen molar-refractivity contribution in [2.45, 2.75) is 49.8 Å². The van der Waals surface area contributed by atoms with Gasteiger partial charge in [0.15, 0.2) is 0 Å². The Morgan fingerprint density at radius 1 is 1.06 bits per heavy atom. The summed E-state index contributed by atoms with van der Waals surface area (Å²) in [6.07, 6.45) is -9.66. The topological polar surface area (TPSA) is 53.6 Å². The first kappa shape index (κ1) is 26.3. The second-order valence-corrected chi connectivity index (χ2v) is 9.24. The van der Waals surface area contributed by atoms with Crippen molar-refractivity contribution in [1.82, 2.24) is 15.5 Å². The van der Waals surface area contributed by atoms with Crippen LogP contribution in [-0.2, 0) is 22.6 Å². The van der Waals surface area contributed by atoms with E-state index in [-0.39, 0.29) is 30.3 Å². The van der Waals surface area contributed by atoms with Gasteiger partial charge in [-0.3, -0.25) is 0 Å². The molecule has 0 aliphatic carbocycles. The molecule has 4 rings (SSSR count). The number of benzene rings is 2. The molecule has 5 nitrogen and oxygen atoms in total. The normalized spacial score (nSPS) is 24.0. The minimum atomic E-state index is -4.93. The molecule has 0 radical (unpaired) electrons. The molecule has 2 fully saturated rings. The van der Waals surface area contributed by atoms with E-state index in [0.717, 1.165) is 5.56 Å². The zero-order chi connectivity index (χ0) is 26.1. The highest BCUT2D eigenvalue weighted by Crippen LogP contribution is 2.39. The minimum Gasteiger partial charge on any atom is -0.372 e. The first-order valence-corrected chi connectivity index (χ1v) is 11.6. The van der Waals surface area contributed by atoms with Crippen LogP contribution in [0.5, 0.6) is 0 Å². The van der Waals surface area contributed by atoms with Crippen LogP contribution in [0.2, 0.25) is 0 Å². The second-order valence-electron chi connectivity index (χ2n) is 9.24. The average Bonchev–Trinajstić information content (AvgIpc) is 3.27. The summed E-state index contributed by atoms with van der Waals surface area (Å²) in [7, 11) is 0. The number of rotatable bonds is 6. The Bertz CT molecular complexity index is 1030. The molecule has 2 amide bonds. The van der Waals surface area contributed by atoms with Crippen LogP contribution in [-0.4, -0.2) is 43.2 Å². The monoisotopic (exact) mass is 515 g/mol. The molecule has 2 aromatic carbocycles. The maximum absolute atomic E-state index is 13.3. The van der Waals surface area contributed by atoms with Crippen molar-refractivity contribution in [3.8, 4) is 0 Å². The summed E-state index contributed by atoms with van der Waals surface area (Å²) in [5.41, 5.74) is -2.77. The highest BCUT2D eigenvalue weighted by atomic mass is 19.4. The number of nitrogens with zero attached hydrogens (tertiary/aromatic N) is 1. The van der Waals surface area contributed by atoms with Crippen molar-refractivity contribution in [3.05, 3.63) is 70.8 Å². The molecule has 0 bridgehead atoms. The van der Waals surface area contributed by atoms with Gasteiger partial charge in [0.1, 0.15) is 0 Å². The number of carbonyl (C=O) groups excluding carboxylic acids is 1. The zero-order valence-electron chi connectivity index (χ0n) is 19.5. The third kappa shape index (κ3) is 5.62. The number of ether oxygens (including phenoxy) is 1. The maximum Gasteiger partial charge on any atom is 0.416 e. The van der Waals surface area contributed by atoms with Crippen molar-refractivity contribution in [1.29, 1.82) is 0 Å². The lowest BCUT2D eigenvalue weighted by Crippen LogP contribution is -2.57. The van der Waals surface area contributed by atoms with Crippen LogP contribution in [0.15, 0.2) is 48.5 Å². The number of amides is 2. The Kier molecular flexibility index (Phi) is 7.25. The molecule has 2 heterocycles. The summed E-state index contributed by atoms with van der Waals surface area (Å²) >= 11 is 0. The smallest absolute Gasteiger partial charge is 0.372 e. The predicted octanol–water partition coefficient (Wildman–Crippen LogP) is 5.47. The fourth-order valence-electron chi connectivity index (χ4n) is 4.80. The van der Waals surface area contributed by atoms with E-state index in [1.165, 1.54) is 6.92 Å². The molecule has 36 heavy (non-hydrogen) atoms. The van der Waals surface area contributed by atoms with Gasteiger partial charge in [-0.1, -0.05) is 30.3 Å². The van der Waals surface area contributed by atoms with Crippen molar-refractivity contribution < 1.29 is 35.9 Å². The lowest BCUT2D eigenvalue weighted by molar-refractivity contribution is -0.143. The number of halogens is 6. The molecule has 196 valence electrons. The van der Waals surface area contributed by atoms with Gasteiger partial charge in [-0.15, -0.1) is 0 Å². The molecule has 11 heteroatoms. The van der Waals surface area contributed by atoms with Crippen molar-refractivity contribution >= 4 is 6.03 Å². The summed E-state index contributed by atoms with van der Waals surface area (Å²) in [5.74, 6) is 0. The fourth-order valence-corrected chi connectivity index (χ4v) is 4.80. The quantitative estimate of drug-likeness (QED) is 0.502. The van der Waals surface area contributed by atoms with Crippen LogP contribution in [0.25, 0.3) is 0 Å². The van der Waals surface area contributed by atoms with E-state index < -0.39 is 35.1 Å². The van der Waals surface area contributed by atoms with Crippen LogP contribution < -0.4 is 10.6 Å². The fraction of sp³-hybridized carbons (Fsp3) is 0.480. The van der Waals surface area contributed by atoms with E-state index in [4.69, 9.17) is 4.74 Å². The maximum atomic E-state index is 13.3. The van der Waals surface area contributed by atoms with Gasteiger partial charge < -0.3 is 20.3 Å². The van der Waals surface area contributed by atoms with E-state index in [9.17, 15) is 31.1 Å². The third-order valence-corrected chi connectivity index (χ3v) is 6.90. The standard InChI is InChI=1S/C25H27F6N3O2/c1-16(17-11-19(24(26,27)28)13-20(12-17)25(29,30)31)36-15-23(18-5-3-2-4-6-18)8-7-21(14-33-23)34-10-9-32-22(34)35/h2-6,11-13,16,21,33H,7-10,14-15H2,1H3,(H,32,35)/t16?,21-,23?/m0/s1. The molecule has 2 aliphatic heterocycles. The number of urea groups is 1. The molecule has 0 aromatic heterocycles.